The smallest absolute Gasteiger partial charge is 0.294 e. The number of aliphatic hydroxyl groups is 2. The first-order valence-electron chi connectivity index (χ1n) is 9.13. The van der Waals surface area contributed by atoms with Gasteiger partial charge in [-0.25, -0.2) is 0 Å². The zero-order chi connectivity index (χ0) is 20.9. The summed E-state index contributed by atoms with van der Waals surface area (Å²) in [5.41, 5.74) is 2.06. The van der Waals surface area contributed by atoms with Crippen molar-refractivity contribution in [1.29, 1.82) is 0 Å². The first kappa shape index (κ1) is 21.0. The Hall–Kier alpha value is -2.71. The zero-order valence-electron chi connectivity index (χ0n) is 15.7. The van der Waals surface area contributed by atoms with Crippen LogP contribution >= 0.6 is 0 Å². The Morgan fingerprint density at radius 1 is 0.724 bits per heavy atom. The lowest BCUT2D eigenvalue weighted by atomic mass is 9.98. The normalized spacial score (nSPS) is 13.6. The summed E-state index contributed by atoms with van der Waals surface area (Å²) in [5.74, 6) is 0. The quantitative estimate of drug-likeness (QED) is 0.491. The average molecular weight is 413 g/mol. The minimum atomic E-state index is -4.40. The van der Waals surface area contributed by atoms with Crippen LogP contribution in [-0.4, -0.2) is 36.4 Å². The standard InChI is InChI=1S/C22H23NO5S/c24-15-21(17-8-3-1-4-9-17)23(22(16-25)18-10-5-2-6-11-18)19-12-7-13-20(14-19)29(26,27)28/h1-14,21-22,24-25H,15-16H2,(H,26,27,28). The number of hydrogen-bond acceptors (Lipinski definition) is 5. The monoisotopic (exact) mass is 413 g/mol. The largest absolute Gasteiger partial charge is 0.394 e. The highest BCUT2D eigenvalue weighted by molar-refractivity contribution is 7.85. The van der Waals surface area contributed by atoms with Crippen molar-refractivity contribution < 1.29 is 23.2 Å². The van der Waals surface area contributed by atoms with Gasteiger partial charge in [0.05, 0.1) is 30.2 Å². The van der Waals surface area contributed by atoms with Gasteiger partial charge in [-0.05, 0) is 29.3 Å². The van der Waals surface area contributed by atoms with Crippen LogP contribution in [0.1, 0.15) is 23.2 Å². The Morgan fingerprint density at radius 2 is 1.21 bits per heavy atom. The third kappa shape index (κ3) is 4.83. The lowest BCUT2D eigenvalue weighted by Gasteiger charge is -2.39. The van der Waals surface area contributed by atoms with Crippen molar-refractivity contribution in [2.24, 2.45) is 0 Å². The first-order valence-corrected chi connectivity index (χ1v) is 10.6. The molecule has 2 unspecified atom stereocenters. The second-order valence-electron chi connectivity index (χ2n) is 6.60. The van der Waals surface area contributed by atoms with E-state index >= 15 is 0 Å². The summed E-state index contributed by atoms with van der Waals surface area (Å²) in [4.78, 5) is 1.52. The van der Waals surface area contributed by atoms with Gasteiger partial charge in [0.2, 0.25) is 0 Å². The summed E-state index contributed by atoms with van der Waals surface area (Å²) in [6.45, 7) is -0.521. The number of rotatable bonds is 8. The summed E-state index contributed by atoms with van der Waals surface area (Å²) in [7, 11) is -4.40. The summed E-state index contributed by atoms with van der Waals surface area (Å²) in [6, 6.07) is 23.3. The van der Waals surface area contributed by atoms with Gasteiger partial charge in [0, 0.05) is 5.69 Å². The number of nitrogens with zero attached hydrogens (tertiary/aromatic N) is 1. The van der Waals surface area contributed by atoms with E-state index in [1.54, 1.807) is 11.0 Å². The second-order valence-corrected chi connectivity index (χ2v) is 8.02. The Bertz CT molecular complexity index is 978. The topological polar surface area (TPSA) is 98.1 Å². The zero-order valence-corrected chi connectivity index (χ0v) is 16.5. The van der Waals surface area contributed by atoms with Crippen LogP contribution in [0, 0.1) is 0 Å². The van der Waals surface area contributed by atoms with E-state index in [0.29, 0.717) is 5.69 Å². The van der Waals surface area contributed by atoms with E-state index in [1.807, 2.05) is 60.7 Å². The van der Waals surface area contributed by atoms with E-state index in [-0.39, 0.29) is 18.1 Å². The molecule has 0 aromatic heterocycles. The van der Waals surface area contributed by atoms with Crippen molar-refractivity contribution in [2.75, 3.05) is 18.1 Å². The third-order valence-electron chi connectivity index (χ3n) is 4.80. The van der Waals surface area contributed by atoms with Gasteiger partial charge < -0.3 is 15.1 Å². The molecule has 3 aromatic rings. The Labute approximate surface area is 170 Å². The van der Waals surface area contributed by atoms with E-state index < -0.39 is 22.2 Å². The lowest BCUT2D eigenvalue weighted by molar-refractivity contribution is 0.221. The van der Waals surface area contributed by atoms with Gasteiger partial charge in [-0.15, -0.1) is 0 Å². The highest BCUT2D eigenvalue weighted by Gasteiger charge is 2.29. The van der Waals surface area contributed by atoms with Crippen LogP contribution in [0.4, 0.5) is 5.69 Å². The van der Waals surface area contributed by atoms with E-state index in [4.69, 9.17) is 0 Å². The molecule has 0 saturated carbocycles. The van der Waals surface area contributed by atoms with Crippen LogP contribution in [0.15, 0.2) is 89.8 Å². The molecule has 0 spiro atoms. The van der Waals surface area contributed by atoms with Crippen LogP contribution in [0.25, 0.3) is 0 Å². The van der Waals surface area contributed by atoms with Crippen LogP contribution < -0.4 is 4.90 Å². The molecule has 0 radical (unpaired) electrons. The highest BCUT2D eigenvalue weighted by atomic mass is 32.2. The van der Waals surface area contributed by atoms with Crippen molar-refractivity contribution in [3.05, 3.63) is 96.1 Å². The molecule has 2 atom stereocenters. The number of hydrogen-bond donors (Lipinski definition) is 3. The van der Waals surface area contributed by atoms with Gasteiger partial charge in [0.1, 0.15) is 0 Å². The molecule has 3 aromatic carbocycles. The lowest BCUT2D eigenvalue weighted by Crippen LogP contribution is -2.37. The van der Waals surface area contributed by atoms with Gasteiger partial charge in [-0.3, -0.25) is 4.55 Å². The fourth-order valence-electron chi connectivity index (χ4n) is 3.44. The summed E-state index contributed by atoms with van der Waals surface area (Å²) < 4.78 is 32.8. The molecule has 152 valence electrons. The SMILES string of the molecule is O=S(=O)(O)c1cccc(N(C(CO)c2ccccc2)C(CO)c2ccccc2)c1. The maximum Gasteiger partial charge on any atom is 0.294 e. The Balaban J connectivity index is 2.18. The number of anilines is 1. The van der Waals surface area contributed by atoms with Gasteiger partial charge in [-0.2, -0.15) is 8.42 Å². The predicted molar refractivity (Wildman–Crippen MR) is 111 cm³/mol. The molecule has 0 aliphatic rings. The minimum absolute atomic E-state index is 0.255. The van der Waals surface area contributed by atoms with Crippen molar-refractivity contribution in [3.8, 4) is 0 Å². The molecule has 0 bridgehead atoms. The van der Waals surface area contributed by atoms with E-state index in [1.165, 1.54) is 18.2 Å². The Morgan fingerprint density at radius 3 is 1.62 bits per heavy atom. The highest BCUT2D eigenvalue weighted by Crippen LogP contribution is 2.36. The van der Waals surface area contributed by atoms with Gasteiger partial charge in [0.15, 0.2) is 0 Å². The van der Waals surface area contributed by atoms with Crippen LogP contribution in [0.3, 0.4) is 0 Å². The van der Waals surface area contributed by atoms with Gasteiger partial charge in [0.25, 0.3) is 10.1 Å². The number of benzene rings is 3. The maximum absolute atomic E-state index is 11.7. The molecule has 0 amide bonds. The minimum Gasteiger partial charge on any atom is -0.394 e. The van der Waals surface area contributed by atoms with Crippen molar-refractivity contribution in [3.63, 3.8) is 0 Å². The molecular weight excluding hydrogens is 390 g/mol. The summed E-state index contributed by atoms with van der Waals surface area (Å²) in [5, 5.41) is 20.5. The van der Waals surface area contributed by atoms with Crippen molar-refractivity contribution in [2.45, 2.75) is 17.0 Å². The molecule has 29 heavy (non-hydrogen) atoms. The van der Waals surface area contributed by atoms with Gasteiger partial charge in [-0.1, -0.05) is 66.7 Å². The molecule has 3 rings (SSSR count). The Kier molecular flexibility index (Phi) is 6.66. The molecule has 0 aliphatic heterocycles. The first-order chi connectivity index (χ1) is 14.0. The molecule has 0 fully saturated rings. The van der Waals surface area contributed by atoms with E-state index in [2.05, 4.69) is 0 Å². The van der Waals surface area contributed by atoms with Crippen LogP contribution in [0.2, 0.25) is 0 Å². The predicted octanol–water partition coefficient (Wildman–Crippen LogP) is 3.21. The molecule has 3 N–H and O–H groups in total. The second kappa shape index (κ2) is 9.19. The third-order valence-corrected chi connectivity index (χ3v) is 5.65. The summed E-state index contributed by atoms with van der Waals surface area (Å²) >= 11 is 0. The maximum atomic E-state index is 11.7. The van der Waals surface area contributed by atoms with Crippen LogP contribution in [-0.2, 0) is 10.1 Å². The molecular formula is C22H23NO5S. The number of aliphatic hydroxyl groups excluding tert-OH is 2. The molecule has 0 aliphatic carbocycles. The fourth-order valence-corrected chi connectivity index (χ4v) is 3.96. The molecule has 6 nitrogen and oxygen atoms in total. The molecule has 0 heterocycles. The van der Waals surface area contributed by atoms with Crippen molar-refractivity contribution in [1.82, 2.24) is 0 Å². The molecule has 7 heteroatoms. The average Bonchev–Trinajstić information content (AvgIpc) is 2.75. The van der Waals surface area contributed by atoms with Crippen LogP contribution in [0.5, 0.6) is 0 Å². The van der Waals surface area contributed by atoms with E-state index in [0.717, 1.165) is 11.1 Å². The fraction of sp³-hybridized carbons (Fsp3) is 0.182. The molecule has 0 saturated heterocycles. The van der Waals surface area contributed by atoms with Crippen molar-refractivity contribution >= 4 is 15.8 Å². The van der Waals surface area contributed by atoms with E-state index in [9.17, 15) is 23.2 Å². The van der Waals surface area contributed by atoms with Gasteiger partial charge >= 0.3 is 0 Å². The summed E-state index contributed by atoms with van der Waals surface area (Å²) in [6.07, 6.45) is 0.